The van der Waals surface area contributed by atoms with Gasteiger partial charge in [-0.3, -0.25) is 4.79 Å². The number of rotatable bonds is 4. The molecule has 0 aliphatic carbocycles. The Bertz CT molecular complexity index is 808. The predicted molar refractivity (Wildman–Crippen MR) is 88.1 cm³/mol. The van der Waals surface area contributed by atoms with Gasteiger partial charge in [-0.05, 0) is 35.9 Å². The number of carbonyl (C=O) groups is 1. The maximum absolute atomic E-state index is 12.2. The van der Waals surface area contributed by atoms with Crippen LogP contribution in [-0.4, -0.2) is 15.9 Å². The predicted octanol–water partition coefficient (Wildman–Crippen LogP) is 3.71. The third-order valence-electron chi connectivity index (χ3n) is 3.49. The van der Waals surface area contributed by atoms with Gasteiger partial charge in [-0.15, -0.1) is 0 Å². The number of nitrogens with zero attached hydrogens (tertiary/aromatic N) is 1. The lowest BCUT2D eigenvalue weighted by Gasteiger charge is -2.05. The summed E-state index contributed by atoms with van der Waals surface area (Å²) in [5, 5.41) is 3.59. The monoisotopic (exact) mass is 313 g/mol. The van der Waals surface area contributed by atoms with E-state index in [0.717, 1.165) is 28.8 Å². The molecule has 0 saturated carbocycles. The Labute approximate surface area is 133 Å². The lowest BCUT2D eigenvalue weighted by Crippen LogP contribution is -2.22. The number of nitrogens with one attached hydrogen (secondary N) is 2. The number of fused-ring (bicyclic) bond motifs is 1. The topological polar surface area (TPSA) is 57.8 Å². The van der Waals surface area contributed by atoms with Gasteiger partial charge in [0.25, 0.3) is 5.91 Å². The lowest BCUT2D eigenvalue weighted by molar-refractivity contribution is 0.0951. The molecule has 3 aromatic rings. The minimum atomic E-state index is -0.107. The fourth-order valence-corrected chi connectivity index (χ4v) is 2.38. The van der Waals surface area contributed by atoms with Crippen LogP contribution in [0.1, 0.15) is 28.7 Å². The molecule has 0 aliphatic heterocycles. The molecule has 3 rings (SSSR count). The maximum atomic E-state index is 12.2. The van der Waals surface area contributed by atoms with Crippen molar-refractivity contribution in [3.63, 3.8) is 0 Å². The van der Waals surface area contributed by atoms with E-state index in [-0.39, 0.29) is 5.91 Å². The molecule has 2 aromatic carbocycles. The zero-order chi connectivity index (χ0) is 15.5. The van der Waals surface area contributed by atoms with Crippen LogP contribution >= 0.6 is 11.6 Å². The average Bonchev–Trinajstić information content (AvgIpc) is 2.96. The van der Waals surface area contributed by atoms with Gasteiger partial charge in [-0.25, -0.2) is 4.98 Å². The van der Waals surface area contributed by atoms with Crippen LogP contribution in [0.3, 0.4) is 0 Å². The summed E-state index contributed by atoms with van der Waals surface area (Å²) in [4.78, 5) is 19.9. The first-order valence-corrected chi connectivity index (χ1v) is 7.55. The summed E-state index contributed by atoms with van der Waals surface area (Å²) in [5.41, 5.74) is 3.39. The number of hydrogen-bond donors (Lipinski definition) is 2. The van der Waals surface area contributed by atoms with Crippen LogP contribution in [0.2, 0.25) is 5.02 Å². The Morgan fingerprint density at radius 3 is 2.73 bits per heavy atom. The number of aromatic nitrogens is 2. The second kappa shape index (κ2) is 6.20. The van der Waals surface area contributed by atoms with Crippen molar-refractivity contribution in [2.24, 2.45) is 0 Å². The van der Waals surface area contributed by atoms with Crippen molar-refractivity contribution < 1.29 is 4.79 Å². The van der Waals surface area contributed by atoms with Gasteiger partial charge in [0.1, 0.15) is 5.82 Å². The number of carbonyl (C=O) groups excluding carboxylic acids is 1. The van der Waals surface area contributed by atoms with Gasteiger partial charge >= 0.3 is 0 Å². The number of aryl methyl sites for hydroxylation is 1. The maximum Gasteiger partial charge on any atom is 0.251 e. The molecule has 5 heteroatoms. The molecule has 2 N–H and O–H groups in total. The van der Waals surface area contributed by atoms with Gasteiger partial charge < -0.3 is 10.3 Å². The van der Waals surface area contributed by atoms with E-state index >= 15 is 0 Å². The average molecular weight is 314 g/mol. The van der Waals surface area contributed by atoms with E-state index in [1.807, 2.05) is 43.3 Å². The highest BCUT2D eigenvalue weighted by Crippen LogP contribution is 2.14. The second-order valence-corrected chi connectivity index (χ2v) is 5.51. The first kappa shape index (κ1) is 14.6. The minimum Gasteiger partial charge on any atom is -0.348 e. The molecule has 1 aromatic heterocycles. The molecule has 0 atom stereocenters. The molecule has 0 unspecified atom stereocenters. The number of benzene rings is 2. The van der Waals surface area contributed by atoms with Crippen LogP contribution in [-0.2, 0) is 13.0 Å². The first-order chi connectivity index (χ1) is 10.7. The Balaban J connectivity index is 1.72. The molecule has 0 fully saturated rings. The van der Waals surface area contributed by atoms with E-state index in [4.69, 9.17) is 11.6 Å². The summed E-state index contributed by atoms with van der Waals surface area (Å²) < 4.78 is 0. The van der Waals surface area contributed by atoms with Crippen LogP contribution in [0.25, 0.3) is 11.0 Å². The molecule has 22 heavy (non-hydrogen) atoms. The SMILES string of the molecule is CCc1nc2ccc(C(=O)NCc3ccc(Cl)cc3)cc2[nH]1. The normalized spacial score (nSPS) is 10.8. The smallest absolute Gasteiger partial charge is 0.251 e. The molecule has 0 bridgehead atoms. The van der Waals surface area contributed by atoms with Crippen molar-refractivity contribution in [1.29, 1.82) is 0 Å². The number of hydrogen-bond acceptors (Lipinski definition) is 2. The minimum absolute atomic E-state index is 0.107. The van der Waals surface area contributed by atoms with Crippen molar-refractivity contribution in [1.82, 2.24) is 15.3 Å². The summed E-state index contributed by atoms with van der Waals surface area (Å²) >= 11 is 5.84. The number of aromatic amines is 1. The Morgan fingerprint density at radius 1 is 1.23 bits per heavy atom. The Hall–Kier alpha value is -2.33. The highest BCUT2D eigenvalue weighted by Gasteiger charge is 2.08. The van der Waals surface area contributed by atoms with Crippen LogP contribution < -0.4 is 5.32 Å². The molecule has 0 saturated heterocycles. The van der Waals surface area contributed by atoms with Gasteiger partial charge in [0.05, 0.1) is 11.0 Å². The highest BCUT2D eigenvalue weighted by atomic mass is 35.5. The zero-order valence-electron chi connectivity index (χ0n) is 12.2. The number of amides is 1. The molecule has 0 radical (unpaired) electrons. The molecule has 0 spiro atoms. The molecule has 1 heterocycles. The van der Waals surface area contributed by atoms with Gasteiger partial charge in [0.15, 0.2) is 0 Å². The molecular weight excluding hydrogens is 298 g/mol. The van der Waals surface area contributed by atoms with Crippen molar-refractivity contribution in [2.75, 3.05) is 0 Å². The van der Waals surface area contributed by atoms with Gasteiger partial charge in [-0.1, -0.05) is 30.7 Å². The van der Waals surface area contributed by atoms with Gasteiger partial charge in [-0.2, -0.15) is 0 Å². The van der Waals surface area contributed by atoms with Gasteiger partial charge in [0, 0.05) is 23.6 Å². The summed E-state index contributed by atoms with van der Waals surface area (Å²) in [6, 6.07) is 12.9. The first-order valence-electron chi connectivity index (χ1n) is 7.17. The van der Waals surface area contributed by atoms with E-state index in [0.29, 0.717) is 17.1 Å². The molecule has 112 valence electrons. The third-order valence-corrected chi connectivity index (χ3v) is 3.75. The lowest BCUT2D eigenvalue weighted by atomic mass is 10.1. The largest absolute Gasteiger partial charge is 0.348 e. The van der Waals surface area contributed by atoms with Crippen molar-refractivity contribution in [2.45, 2.75) is 19.9 Å². The Morgan fingerprint density at radius 2 is 2.00 bits per heavy atom. The van der Waals surface area contributed by atoms with E-state index in [2.05, 4.69) is 15.3 Å². The van der Waals surface area contributed by atoms with E-state index < -0.39 is 0 Å². The van der Waals surface area contributed by atoms with E-state index in [1.165, 1.54) is 0 Å². The molecule has 1 amide bonds. The van der Waals surface area contributed by atoms with Crippen LogP contribution in [0, 0.1) is 0 Å². The van der Waals surface area contributed by atoms with E-state index in [1.54, 1.807) is 6.07 Å². The number of halogens is 1. The van der Waals surface area contributed by atoms with Crippen LogP contribution in [0.15, 0.2) is 42.5 Å². The third kappa shape index (κ3) is 3.12. The number of imidazole rings is 1. The Kier molecular flexibility index (Phi) is 4.11. The molecule has 4 nitrogen and oxygen atoms in total. The zero-order valence-corrected chi connectivity index (χ0v) is 12.9. The second-order valence-electron chi connectivity index (χ2n) is 5.08. The van der Waals surface area contributed by atoms with Crippen molar-refractivity contribution in [3.8, 4) is 0 Å². The van der Waals surface area contributed by atoms with Crippen LogP contribution in [0.4, 0.5) is 0 Å². The van der Waals surface area contributed by atoms with Gasteiger partial charge in [0.2, 0.25) is 0 Å². The fraction of sp³-hybridized carbons (Fsp3) is 0.176. The highest BCUT2D eigenvalue weighted by molar-refractivity contribution is 6.30. The summed E-state index contributed by atoms with van der Waals surface area (Å²) in [6.07, 6.45) is 0.840. The molecule has 0 aliphatic rings. The van der Waals surface area contributed by atoms with Crippen molar-refractivity contribution in [3.05, 3.63) is 64.4 Å². The van der Waals surface area contributed by atoms with E-state index in [9.17, 15) is 4.79 Å². The summed E-state index contributed by atoms with van der Waals surface area (Å²) in [6.45, 7) is 2.51. The van der Waals surface area contributed by atoms with Crippen LogP contribution in [0.5, 0.6) is 0 Å². The molecular formula is C17H16ClN3O. The standard InChI is InChI=1S/C17H16ClN3O/c1-2-16-20-14-8-5-12(9-15(14)21-16)17(22)19-10-11-3-6-13(18)7-4-11/h3-9H,2,10H2,1H3,(H,19,22)(H,20,21). The number of H-pyrrole nitrogens is 1. The summed E-state index contributed by atoms with van der Waals surface area (Å²) in [5.74, 6) is 0.818. The quantitative estimate of drug-likeness (QED) is 0.771. The summed E-state index contributed by atoms with van der Waals surface area (Å²) in [7, 11) is 0. The van der Waals surface area contributed by atoms with Crippen molar-refractivity contribution >= 4 is 28.5 Å². The fourth-order valence-electron chi connectivity index (χ4n) is 2.26.